The minimum Gasteiger partial charge on any atom is -0.508 e. The van der Waals surface area contributed by atoms with Gasteiger partial charge >= 0.3 is 6.09 Å². The molecule has 0 aliphatic carbocycles. The van der Waals surface area contributed by atoms with E-state index in [1.807, 2.05) is 26.8 Å². The van der Waals surface area contributed by atoms with Crippen molar-refractivity contribution in [2.75, 3.05) is 13.1 Å². The summed E-state index contributed by atoms with van der Waals surface area (Å²) in [7, 11) is 0. The molecular formula is C17H25NO4. The number of piperidine rings is 1. The van der Waals surface area contributed by atoms with E-state index >= 15 is 0 Å². The molecule has 0 aromatic heterocycles. The molecule has 1 aromatic carbocycles. The van der Waals surface area contributed by atoms with Crippen LogP contribution >= 0.6 is 0 Å². The van der Waals surface area contributed by atoms with Gasteiger partial charge < -0.3 is 19.8 Å². The molecule has 1 fully saturated rings. The number of hydrogen-bond acceptors (Lipinski definition) is 4. The minimum atomic E-state index is -0.520. The zero-order chi connectivity index (χ0) is 16.3. The van der Waals surface area contributed by atoms with Gasteiger partial charge in [-0.25, -0.2) is 4.79 Å². The molecule has 1 heterocycles. The molecule has 22 heavy (non-hydrogen) atoms. The molecule has 2 rings (SSSR count). The normalized spacial score (nSPS) is 22.5. The second kappa shape index (κ2) is 6.57. The Balaban J connectivity index is 2.00. The van der Waals surface area contributed by atoms with Crippen LogP contribution in [0.15, 0.2) is 24.3 Å². The molecule has 5 nitrogen and oxygen atoms in total. The summed E-state index contributed by atoms with van der Waals surface area (Å²) in [5.74, 6) is 0.162. The Bertz CT molecular complexity index is 524. The molecule has 1 aromatic rings. The zero-order valence-corrected chi connectivity index (χ0v) is 13.5. The maximum absolute atomic E-state index is 12.2. The van der Waals surface area contributed by atoms with E-state index in [9.17, 15) is 15.0 Å². The Morgan fingerprint density at radius 2 is 2.14 bits per heavy atom. The molecule has 5 heteroatoms. The number of ether oxygens (including phenoxy) is 1. The number of benzene rings is 1. The highest BCUT2D eigenvalue weighted by Gasteiger charge is 2.32. The predicted molar refractivity (Wildman–Crippen MR) is 83.7 cm³/mol. The number of hydrogen-bond donors (Lipinski definition) is 2. The van der Waals surface area contributed by atoms with E-state index in [0.29, 0.717) is 25.9 Å². The highest BCUT2D eigenvalue weighted by atomic mass is 16.6. The van der Waals surface area contributed by atoms with Crippen LogP contribution in [0.1, 0.15) is 32.8 Å². The van der Waals surface area contributed by atoms with Crippen LogP contribution in [0.5, 0.6) is 5.75 Å². The molecule has 2 atom stereocenters. The molecule has 2 unspecified atom stereocenters. The van der Waals surface area contributed by atoms with E-state index in [2.05, 4.69) is 0 Å². The summed E-state index contributed by atoms with van der Waals surface area (Å²) in [5.41, 5.74) is 0.434. The van der Waals surface area contributed by atoms with Crippen molar-refractivity contribution in [2.45, 2.75) is 45.3 Å². The van der Waals surface area contributed by atoms with E-state index in [-0.39, 0.29) is 17.8 Å². The van der Waals surface area contributed by atoms with Crippen LogP contribution in [0.2, 0.25) is 0 Å². The number of phenols is 1. The summed E-state index contributed by atoms with van der Waals surface area (Å²) in [4.78, 5) is 13.8. The first-order valence-corrected chi connectivity index (χ1v) is 7.68. The molecule has 122 valence electrons. The average Bonchev–Trinajstić information content (AvgIpc) is 2.39. The van der Waals surface area contributed by atoms with Gasteiger partial charge in [-0.1, -0.05) is 12.1 Å². The summed E-state index contributed by atoms with van der Waals surface area (Å²) in [6, 6.07) is 7.01. The third-order valence-electron chi connectivity index (χ3n) is 3.75. The summed E-state index contributed by atoms with van der Waals surface area (Å²) >= 11 is 0. The zero-order valence-electron chi connectivity index (χ0n) is 13.5. The highest BCUT2D eigenvalue weighted by molar-refractivity contribution is 5.68. The van der Waals surface area contributed by atoms with Crippen molar-refractivity contribution in [1.82, 2.24) is 4.90 Å². The third kappa shape index (κ3) is 4.63. The maximum atomic E-state index is 12.2. The smallest absolute Gasteiger partial charge is 0.410 e. The number of amides is 1. The van der Waals surface area contributed by atoms with Gasteiger partial charge in [0.25, 0.3) is 0 Å². The van der Waals surface area contributed by atoms with Crippen LogP contribution < -0.4 is 0 Å². The Kier molecular flexibility index (Phi) is 4.96. The fourth-order valence-corrected chi connectivity index (χ4v) is 2.70. The van der Waals surface area contributed by atoms with Gasteiger partial charge in [0, 0.05) is 19.0 Å². The van der Waals surface area contributed by atoms with Gasteiger partial charge in [0.15, 0.2) is 0 Å². The summed E-state index contributed by atoms with van der Waals surface area (Å²) in [6.45, 7) is 6.49. The lowest BCUT2D eigenvalue weighted by Gasteiger charge is -2.37. The van der Waals surface area contributed by atoms with E-state index < -0.39 is 11.7 Å². The fourth-order valence-electron chi connectivity index (χ4n) is 2.70. The lowest BCUT2D eigenvalue weighted by molar-refractivity contribution is -0.00825. The van der Waals surface area contributed by atoms with Gasteiger partial charge in [-0.3, -0.25) is 0 Å². The number of likely N-dealkylation sites (tertiary alicyclic amines) is 1. The lowest BCUT2D eigenvalue weighted by Crippen LogP contribution is -2.48. The third-order valence-corrected chi connectivity index (χ3v) is 3.75. The van der Waals surface area contributed by atoms with Gasteiger partial charge in [-0.2, -0.15) is 0 Å². The van der Waals surface area contributed by atoms with Crippen LogP contribution in [-0.4, -0.2) is 46.0 Å². The van der Waals surface area contributed by atoms with E-state index in [0.717, 1.165) is 5.56 Å². The number of carbonyl (C=O) groups excluding carboxylic acids is 1. The molecule has 1 aliphatic heterocycles. The monoisotopic (exact) mass is 307 g/mol. The van der Waals surface area contributed by atoms with Gasteiger partial charge in [-0.15, -0.1) is 0 Å². The van der Waals surface area contributed by atoms with Crippen LogP contribution in [0.3, 0.4) is 0 Å². The molecule has 1 amide bonds. The number of nitrogens with zero attached hydrogens (tertiary/aromatic N) is 1. The average molecular weight is 307 g/mol. The van der Waals surface area contributed by atoms with Crippen LogP contribution in [0, 0.1) is 5.92 Å². The second-order valence-electron chi connectivity index (χ2n) is 6.92. The largest absolute Gasteiger partial charge is 0.508 e. The quantitative estimate of drug-likeness (QED) is 0.881. The number of carbonyl (C=O) groups is 1. The summed E-state index contributed by atoms with van der Waals surface area (Å²) in [5, 5.41) is 19.7. The second-order valence-corrected chi connectivity index (χ2v) is 6.92. The van der Waals surface area contributed by atoms with Gasteiger partial charge in [0.05, 0.1) is 6.10 Å². The van der Waals surface area contributed by atoms with E-state index in [1.54, 1.807) is 23.1 Å². The maximum Gasteiger partial charge on any atom is 0.410 e. The van der Waals surface area contributed by atoms with Crippen molar-refractivity contribution in [1.29, 1.82) is 0 Å². The molecule has 1 saturated heterocycles. The topological polar surface area (TPSA) is 70.0 Å². The number of phenolic OH excluding ortho intramolecular Hbond substituents is 1. The standard InChI is InChI=1S/C17H25NO4/c1-17(2,3)22-16(21)18-8-7-15(20)13(11-18)9-12-5-4-6-14(19)10-12/h4-6,10,13,15,19-20H,7-9,11H2,1-3H3. The fraction of sp³-hybridized carbons (Fsp3) is 0.588. The molecular weight excluding hydrogens is 282 g/mol. The molecule has 0 radical (unpaired) electrons. The Morgan fingerprint density at radius 3 is 2.77 bits per heavy atom. The molecule has 0 saturated carbocycles. The Morgan fingerprint density at radius 1 is 1.41 bits per heavy atom. The Labute approximate surface area is 131 Å². The minimum absolute atomic E-state index is 0.0527. The molecule has 1 aliphatic rings. The number of aromatic hydroxyl groups is 1. The van der Waals surface area contributed by atoms with E-state index in [1.165, 1.54) is 0 Å². The summed E-state index contributed by atoms with van der Waals surface area (Å²) < 4.78 is 5.40. The number of rotatable bonds is 2. The van der Waals surface area contributed by atoms with Crippen LogP contribution in [0.4, 0.5) is 4.79 Å². The van der Waals surface area contributed by atoms with Crippen LogP contribution in [0.25, 0.3) is 0 Å². The first-order chi connectivity index (χ1) is 10.2. The molecule has 2 N–H and O–H groups in total. The first kappa shape index (κ1) is 16.6. The summed E-state index contributed by atoms with van der Waals surface area (Å²) in [6.07, 6.45) is 0.388. The lowest BCUT2D eigenvalue weighted by atomic mass is 9.89. The van der Waals surface area contributed by atoms with Crippen molar-refractivity contribution in [2.24, 2.45) is 5.92 Å². The van der Waals surface area contributed by atoms with Gasteiger partial charge in [0.2, 0.25) is 0 Å². The van der Waals surface area contributed by atoms with E-state index in [4.69, 9.17) is 4.74 Å². The Hall–Kier alpha value is -1.75. The van der Waals surface area contributed by atoms with Gasteiger partial charge in [-0.05, 0) is 51.3 Å². The number of aliphatic hydroxyl groups excluding tert-OH is 1. The van der Waals surface area contributed by atoms with Crippen LogP contribution in [-0.2, 0) is 11.2 Å². The van der Waals surface area contributed by atoms with Crippen molar-refractivity contribution in [3.8, 4) is 5.75 Å². The van der Waals surface area contributed by atoms with Gasteiger partial charge in [0.1, 0.15) is 11.4 Å². The van der Waals surface area contributed by atoms with Crippen molar-refractivity contribution >= 4 is 6.09 Å². The first-order valence-electron chi connectivity index (χ1n) is 7.68. The molecule has 0 bridgehead atoms. The van der Waals surface area contributed by atoms with Crippen molar-refractivity contribution in [3.63, 3.8) is 0 Å². The SMILES string of the molecule is CC(C)(C)OC(=O)N1CCC(O)C(Cc2cccc(O)c2)C1. The molecule has 0 spiro atoms. The van der Waals surface area contributed by atoms with Crippen molar-refractivity contribution < 1.29 is 19.7 Å². The highest BCUT2D eigenvalue weighted by Crippen LogP contribution is 2.24. The predicted octanol–water partition coefficient (Wildman–Crippen LogP) is 2.55. The van der Waals surface area contributed by atoms with Crippen molar-refractivity contribution in [3.05, 3.63) is 29.8 Å². The number of aliphatic hydroxyl groups is 1.